The summed E-state index contributed by atoms with van der Waals surface area (Å²) in [5, 5.41) is 5.28. The first-order valence-electron chi connectivity index (χ1n) is 10.7. The molecule has 2 fully saturated rings. The van der Waals surface area contributed by atoms with Crippen molar-refractivity contribution in [3.8, 4) is 0 Å². The van der Waals surface area contributed by atoms with Crippen LogP contribution in [0.3, 0.4) is 0 Å². The summed E-state index contributed by atoms with van der Waals surface area (Å²) in [6, 6.07) is 10.0. The minimum absolute atomic E-state index is 0.181. The maximum absolute atomic E-state index is 12.4. The molecule has 0 atom stereocenters. The summed E-state index contributed by atoms with van der Waals surface area (Å²) in [5.74, 6) is -0.107. The van der Waals surface area contributed by atoms with Gasteiger partial charge in [-0.25, -0.2) is 4.79 Å². The monoisotopic (exact) mass is 400 g/mol. The van der Waals surface area contributed by atoms with Crippen LogP contribution in [0.1, 0.15) is 44.1 Å². The molecule has 3 rings (SSSR count). The predicted octanol–water partition coefficient (Wildman–Crippen LogP) is 1.92. The van der Waals surface area contributed by atoms with Crippen molar-refractivity contribution in [1.82, 2.24) is 20.4 Å². The van der Waals surface area contributed by atoms with Gasteiger partial charge in [-0.3, -0.25) is 19.8 Å². The lowest BCUT2D eigenvalue weighted by atomic mass is 10.1. The second-order valence-corrected chi connectivity index (χ2v) is 8.00. The molecule has 1 aromatic carbocycles. The standard InChI is InChI=1S/C22H32N4O3/c27-20(24-22(29)23-19-10-4-5-11-19)17-25-13-15-26(16-14-25)21(28)12-6-9-18-7-2-1-3-8-18/h1-3,7-8,19H,4-6,9-17H2,(H2,23,24,27,29). The van der Waals surface area contributed by atoms with Gasteiger partial charge in [0.15, 0.2) is 0 Å². The van der Waals surface area contributed by atoms with Gasteiger partial charge in [-0.05, 0) is 31.2 Å². The van der Waals surface area contributed by atoms with Gasteiger partial charge in [0.25, 0.3) is 0 Å². The quantitative estimate of drug-likeness (QED) is 0.733. The molecular weight excluding hydrogens is 368 g/mol. The highest BCUT2D eigenvalue weighted by molar-refractivity contribution is 5.95. The summed E-state index contributed by atoms with van der Waals surface area (Å²) in [7, 11) is 0. The predicted molar refractivity (Wildman–Crippen MR) is 111 cm³/mol. The van der Waals surface area contributed by atoms with Gasteiger partial charge >= 0.3 is 6.03 Å². The van der Waals surface area contributed by atoms with Crippen molar-refractivity contribution in [2.45, 2.75) is 51.0 Å². The number of carbonyl (C=O) groups is 3. The van der Waals surface area contributed by atoms with Crippen molar-refractivity contribution in [2.24, 2.45) is 0 Å². The largest absolute Gasteiger partial charge is 0.340 e. The van der Waals surface area contributed by atoms with Crippen molar-refractivity contribution < 1.29 is 14.4 Å². The third kappa shape index (κ3) is 7.16. The summed E-state index contributed by atoms with van der Waals surface area (Å²) in [6.07, 6.45) is 6.56. The molecular formula is C22H32N4O3. The maximum atomic E-state index is 12.4. The van der Waals surface area contributed by atoms with Gasteiger partial charge < -0.3 is 10.2 Å². The molecule has 1 aromatic rings. The minimum atomic E-state index is -0.394. The highest BCUT2D eigenvalue weighted by Gasteiger charge is 2.23. The first kappa shape index (κ1) is 21.3. The van der Waals surface area contributed by atoms with Crippen LogP contribution in [0, 0.1) is 0 Å². The molecule has 158 valence electrons. The normalized spacial score (nSPS) is 17.9. The van der Waals surface area contributed by atoms with Crippen LogP contribution < -0.4 is 10.6 Å². The first-order valence-corrected chi connectivity index (χ1v) is 10.7. The van der Waals surface area contributed by atoms with Crippen LogP contribution in [0.25, 0.3) is 0 Å². The highest BCUT2D eigenvalue weighted by Crippen LogP contribution is 2.17. The van der Waals surface area contributed by atoms with E-state index in [9.17, 15) is 14.4 Å². The van der Waals surface area contributed by atoms with E-state index in [1.165, 1.54) is 5.56 Å². The number of nitrogens with zero attached hydrogens (tertiary/aromatic N) is 2. The topological polar surface area (TPSA) is 81.8 Å². The number of amides is 4. The molecule has 7 heteroatoms. The Kier molecular flexibility index (Phi) is 8.04. The first-order chi connectivity index (χ1) is 14.1. The average molecular weight is 401 g/mol. The molecule has 1 saturated carbocycles. The van der Waals surface area contributed by atoms with Gasteiger partial charge in [0.05, 0.1) is 6.54 Å². The van der Waals surface area contributed by atoms with Gasteiger partial charge in [0.2, 0.25) is 11.8 Å². The Labute approximate surface area is 172 Å². The zero-order valence-corrected chi connectivity index (χ0v) is 17.1. The Morgan fingerprint density at radius 1 is 0.966 bits per heavy atom. The average Bonchev–Trinajstić information content (AvgIpc) is 3.22. The summed E-state index contributed by atoms with van der Waals surface area (Å²) in [4.78, 5) is 40.2. The zero-order valence-electron chi connectivity index (χ0n) is 17.1. The summed E-state index contributed by atoms with van der Waals surface area (Å²) < 4.78 is 0. The van der Waals surface area contributed by atoms with Crippen LogP contribution in [-0.2, 0) is 16.0 Å². The second-order valence-electron chi connectivity index (χ2n) is 8.00. The Hall–Kier alpha value is -2.41. The fraction of sp³-hybridized carbons (Fsp3) is 0.591. The summed E-state index contributed by atoms with van der Waals surface area (Å²) in [5.41, 5.74) is 1.26. The number of rotatable bonds is 7. The molecule has 2 aliphatic rings. The maximum Gasteiger partial charge on any atom is 0.321 e. The lowest BCUT2D eigenvalue weighted by Crippen LogP contribution is -2.52. The van der Waals surface area contributed by atoms with Crippen molar-refractivity contribution in [1.29, 1.82) is 0 Å². The van der Waals surface area contributed by atoms with Crippen molar-refractivity contribution in [2.75, 3.05) is 32.7 Å². The Balaban J connectivity index is 1.29. The molecule has 2 N–H and O–H groups in total. The zero-order chi connectivity index (χ0) is 20.5. The molecule has 29 heavy (non-hydrogen) atoms. The molecule has 1 heterocycles. The van der Waals surface area contributed by atoms with E-state index >= 15 is 0 Å². The van der Waals surface area contributed by atoms with Crippen molar-refractivity contribution >= 4 is 17.8 Å². The van der Waals surface area contributed by atoms with E-state index in [1.54, 1.807) is 0 Å². The number of benzene rings is 1. The van der Waals surface area contributed by atoms with Gasteiger partial charge in [0, 0.05) is 38.6 Å². The van der Waals surface area contributed by atoms with Crippen LogP contribution in [0.15, 0.2) is 30.3 Å². The van der Waals surface area contributed by atoms with Gasteiger partial charge in [0.1, 0.15) is 0 Å². The van der Waals surface area contributed by atoms with E-state index in [0.717, 1.165) is 38.5 Å². The lowest BCUT2D eigenvalue weighted by molar-refractivity contribution is -0.133. The molecule has 0 aromatic heterocycles. The number of aryl methyl sites for hydroxylation is 1. The van der Waals surface area contributed by atoms with E-state index < -0.39 is 6.03 Å². The van der Waals surface area contributed by atoms with Crippen LogP contribution in [-0.4, -0.2) is 66.4 Å². The molecule has 0 radical (unpaired) electrons. The molecule has 0 spiro atoms. The van der Waals surface area contributed by atoms with Crippen molar-refractivity contribution in [3.05, 3.63) is 35.9 Å². The van der Waals surface area contributed by atoms with E-state index in [-0.39, 0.29) is 24.4 Å². The third-order valence-corrected chi connectivity index (χ3v) is 5.73. The molecule has 0 unspecified atom stereocenters. The SMILES string of the molecule is O=C(CN1CCN(C(=O)CCCc2ccccc2)CC1)NC(=O)NC1CCCC1. The minimum Gasteiger partial charge on any atom is -0.340 e. The Morgan fingerprint density at radius 2 is 1.66 bits per heavy atom. The van der Waals surface area contributed by atoms with E-state index in [4.69, 9.17) is 0 Å². The molecule has 0 bridgehead atoms. The second kappa shape index (κ2) is 11.0. The third-order valence-electron chi connectivity index (χ3n) is 5.73. The lowest BCUT2D eigenvalue weighted by Gasteiger charge is -2.34. The summed E-state index contributed by atoms with van der Waals surface area (Å²) in [6.45, 7) is 2.76. The fourth-order valence-electron chi connectivity index (χ4n) is 4.06. The number of imide groups is 1. The molecule has 1 saturated heterocycles. The Morgan fingerprint density at radius 3 is 2.34 bits per heavy atom. The molecule has 1 aliphatic heterocycles. The number of hydrogen-bond acceptors (Lipinski definition) is 4. The van der Waals surface area contributed by atoms with E-state index in [1.807, 2.05) is 28.0 Å². The van der Waals surface area contributed by atoms with Crippen LogP contribution >= 0.6 is 0 Å². The van der Waals surface area contributed by atoms with Gasteiger partial charge in [-0.2, -0.15) is 0 Å². The smallest absolute Gasteiger partial charge is 0.321 e. The van der Waals surface area contributed by atoms with Gasteiger partial charge in [-0.15, -0.1) is 0 Å². The number of nitrogens with one attached hydrogen (secondary N) is 2. The Bertz CT molecular complexity index is 681. The number of carbonyl (C=O) groups excluding carboxylic acids is 3. The summed E-state index contributed by atoms with van der Waals surface area (Å²) >= 11 is 0. The van der Waals surface area contributed by atoms with Gasteiger partial charge in [-0.1, -0.05) is 43.2 Å². The number of urea groups is 1. The number of hydrogen-bond donors (Lipinski definition) is 2. The van der Waals surface area contributed by atoms with E-state index in [2.05, 4.69) is 22.8 Å². The molecule has 1 aliphatic carbocycles. The number of piperazine rings is 1. The molecule has 7 nitrogen and oxygen atoms in total. The van der Waals surface area contributed by atoms with E-state index in [0.29, 0.717) is 32.6 Å². The van der Waals surface area contributed by atoms with Crippen LogP contribution in [0.5, 0.6) is 0 Å². The van der Waals surface area contributed by atoms with Crippen LogP contribution in [0.2, 0.25) is 0 Å². The van der Waals surface area contributed by atoms with Crippen LogP contribution in [0.4, 0.5) is 4.79 Å². The van der Waals surface area contributed by atoms with Crippen molar-refractivity contribution in [3.63, 3.8) is 0 Å². The highest BCUT2D eigenvalue weighted by atomic mass is 16.2. The fourth-order valence-corrected chi connectivity index (χ4v) is 4.06. The molecule has 4 amide bonds.